The highest BCUT2D eigenvalue weighted by Crippen LogP contribution is 2.15. The highest BCUT2D eigenvalue weighted by molar-refractivity contribution is 5.71. The van der Waals surface area contributed by atoms with Crippen molar-refractivity contribution in [1.29, 1.82) is 0 Å². The second-order valence-electron chi connectivity index (χ2n) is 20.2. The molecule has 0 saturated carbocycles. The van der Waals surface area contributed by atoms with E-state index in [1.807, 2.05) is 0 Å². The van der Waals surface area contributed by atoms with Crippen molar-refractivity contribution in [2.24, 2.45) is 0 Å². The molecule has 0 spiro atoms. The van der Waals surface area contributed by atoms with Crippen molar-refractivity contribution in [3.63, 3.8) is 0 Å². The zero-order chi connectivity index (χ0) is 53.6. The van der Waals surface area contributed by atoms with Crippen LogP contribution >= 0.6 is 0 Å². The number of ether oxygens (including phenoxy) is 3. The van der Waals surface area contributed by atoms with Crippen LogP contribution in [0.2, 0.25) is 0 Å². The van der Waals surface area contributed by atoms with Gasteiger partial charge in [-0.1, -0.05) is 252 Å². The molecule has 1 atom stereocenters. The minimum atomic E-state index is -0.808. The van der Waals surface area contributed by atoms with Crippen LogP contribution in [0.3, 0.4) is 0 Å². The summed E-state index contributed by atoms with van der Waals surface area (Å²) < 4.78 is 16.8. The van der Waals surface area contributed by atoms with Gasteiger partial charge in [0.05, 0.1) is 0 Å². The minimum Gasteiger partial charge on any atom is -0.462 e. The topological polar surface area (TPSA) is 78.9 Å². The van der Waals surface area contributed by atoms with Crippen molar-refractivity contribution in [3.8, 4) is 0 Å². The molecule has 0 aromatic rings. The van der Waals surface area contributed by atoms with E-state index in [9.17, 15) is 14.4 Å². The summed E-state index contributed by atoms with van der Waals surface area (Å²) >= 11 is 0. The molecule has 0 radical (unpaired) electrons. The Bertz CT molecular complexity index is 1510. The standard InChI is InChI=1S/C68H114O6/c1-4-7-10-13-16-19-22-25-27-29-31-33-34-36-37-39-41-43-46-49-52-55-58-61-67(70)73-64-65(63-72-66(69)60-57-54-51-48-45-24-21-18-15-12-9-6-3)74-68(71)62-59-56-53-50-47-44-42-40-38-35-32-30-28-26-23-20-17-14-11-8-5-2/h7,10,16,18-19,21,25,27,30-33,36-37,41,43,49,52,65H,4-6,8-9,11-15,17,20,22-24,26,28-29,34-35,38-40,42,44-48,50-51,53-64H2,1-3H3/b10-7-,19-16-,21-18-,27-25-,32-30-,33-31-,37-36-,43-41-,52-49-. The Balaban J connectivity index is 4.44. The van der Waals surface area contributed by atoms with Crippen molar-refractivity contribution in [2.45, 2.75) is 290 Å². The summed E-state index contributed by atoms with van der Waals surface area (Å²) in [6.07, 6.45) is 83.8. The van der Waals surface area contributed by atoms with Crippen LogP contribution in [0, 0.1) is 0 Å². The van der Waals surface area contributed by atoms with Crippen LogP contribution in [-0.4, -0.2) is 37.2 Å². The van der Waals surface area contributed by atoms with Gasteiger partial charge in [-0.15, -0.1) is 0 Å². The summed E-state index contributed by atoms with van der Waals surface area (Å²) in [5.74, 6) is -0.970. The third kappa shape index (κ3) is 59.0. The predicted molar refractivity (Wildman–Crippen MR) is 320 cm³/mol. The van der Waals surface area contributed by atoms with E-state index in [-0.39, 0.29) is 37.5 Å². The van der Waals surface area contributed by atoms with E-state index < -0.39 is 6.10 Å². The number of rotatable bonds is 55. The molecule has 0 aromatic carbocycles. The van der Waals surface area contributed by atoms with E-state index in [1.54, 1.807) is 0 Å². The van der Waals surface area contributed by atoms with Crippen LogP contribution < -0.4 is 0 Å². The van der Waals surface area contributed by atoms with E-state index in [0.717, 1.165) is 103 Å². The first-order valence-electron chi connectivity index (χ1n) is 30.9. The van der Waals surface area contributed by atoms with Gasteiger partial charge in [0.15, 0.2) is 6.10 Å². The second kappa shape index (κ2) is 61.6. The molecule has 0 N–H and O–H groups in total. The van der Waals surface area contributed by atoms with Crippen molar-refractivity contribution in [2.75, 3.05) is 13.2 Å². The molecule has 0 heterocycles. The van der Waals surface area contributed by atoms with Crippen LogP contribution in [0.5, 0.6) is 0 Å². The quantitative estimate of drug-likeness (QED) is 0.0261. The van der Waals surface area contributed by atoms with E-state index >= 15 is 0 Å². The van der Waals surface area contributed by atoms with Gasteiger partial charge in [0.25, 0.3) is 0 Å². The molecular weight excluding hydrogens is 913 g/mol. The van der Waals surface area contributed by atoms with Crippen molar-refractivity contribution in [1.82, 2.24) is 0 Å². The fraction of sp³-hybridized carbons (Fsp3) is 0.691. The maximum Gasteiger partial charge on any atom is 0.306 e. The Hall–Kier alpha value is -3.93. The maximum atomic E-state index is 12.9. The Labute approximate surface area is 457 Å². The van der Waals surface area contributed by atoms with Crippen LogP contribution in [-0.2, 0) is 28.6 Å². The lowest BCUT2D eigenvalue weighted by Gasteiger charge is -2.18. The van der Waals surface area contributed by atoms with Crippen LogP contribution in [0.1, 0.15) is 284 Å². The third-order valence-corrected chi connectivity index (χ3v) is 13.0. The highest BCUT2D eigenvalue weighted by Gasteiger charge is 2.19. The number of unbranched alkanes of at least 4 members (excludes halogenated alkanes) is 26. The van der Waals surface area contributed by atoms with E-state index in [1.165, 1.54) is 135 Å². The predicted octanol–water partition coefficient (Wildman–Crippen LogP) is 21.0. The molecule has 0 aliphatic rings. The van der Waals surface area contributed by atoms with Gasteiger partial charge >= 0.3 is 17.9 Å². The molecule has 74 heavy (non-hydrogen) atoms. The molecule has 0 aliphatic heterocycles. The third-order valence-electron chi connectivity index (χ3n) is 13.0. The summed E-state index contributed by atoms with van der Waals surface area (Å²) in [6, 6.07) is 0. The molecule has 0 fully saturated rings. The Kier molecular flexibility index (Phi) is 58.3. The number of carbonyl (C=O) groups is 3. The molecule has 0 amide bonds. The van der Waals surface area contributed by atoms with Gasteiger partial charge in [-0.25, -0.2) is 0 Å². The van der Waals surface area contributed by atoms with Gasteiger partial charge < -0.3 is 14.2 Å². The number of hydrogen-bond acceptors (Lipinski definition) is 6. The van der Waals surface area contributed by atoms with Crippen LogP contribution in [0.4, 0.5) is 0 Å². The lowest BCUT2D eigenvalue weighted by atomic mass is 10.1. The van der Waals surface area contributed by atoms with Gasteiger partial charge in [0.1, 0.15) is 13.2 Å². The summed E-state index contributed by atoms with van der Waals surface area (Å²) in [5, 5.41) is 0. The lowest BCUT2D eigenvalue weighted by molar-refractivity contribution is -0.167. The molecule has 0 saturated heterocycles. The number of allylic oxidation sites excluding steroid dienone is 18. The summed E-state index contributed by atoms with van der Waals surface area (Å²) in [5.41, 5.74) is 0. The highest BCUT2D eigenvalue weighted by atomic mass is 16.6. The molecule has 1 unspecified atom stereocenters. The molecule has 0 aromatic heterocycles. The number of hydrogen-bond donors (Lipinski definition) is 0. The van der Waals surface area contributed by atoms with Crippen molar-refractivity contribution in [3.05, 3.63) is 109 Å². The monoisotopic (exact) mass is 1030 g/mol. The van der Waals surface area contributed by atoms with Crippen LogP contribution in [0.25, 0.3) is 0 Å². The van der Waals surface area contributed by atoms with Gasteiger partial charge in [0, 0.05) is 19.3 Å². The zero-order valence-electron chi connectivity index (χ0n) is 48.3. The first-order valence-corrected chi connectivity index (χ1v) is 30.9. The van der Waals surface area contributed by atoms with E-state index in [2.05, 4.69) is 130 Å². The average molecular weight is 1030 g/mol. The fourth-order valence-corrected chi connectivity index (χ4v) is 8.36. The molecule has 422 valence electrons. The Morgan fingerprint density at radius 1 is 0.284 bits per heavy atom. The molecule has 6 nitrogen and oxygen atoms in total. The summed E-state index contributed by atoms with van der Waals surface area (Å²) in [7, 11) is 0. The first-order chi connectivity index (χ1) is 36.5. The number of carbonyl (C=O) groups excluding carboxylic acids is 3. The molecular formula is C68H114O6. The summed E-state index contributed by atoms with van der Waals surface area (Å²) in [6.45, 7) is 6.46. The van der Waals surface area contributed by atoms with Crippen LogP contribution in [0.15, 0.2) is 109 Å². The van der Waals surface area contributed by atoms with E-state index in [4.69, 9.17) is 14.2 Å². The smallest absolute Gasteiger partial charge is 0.306 e. The maximum absolute atomic E-state index is 12.9. The fourth-order valence-electron chi connectivity index (χ4n) is 8.36. The molecule has 0 bridgehead atoms. The normalized spacial score (nSPS) is 12.9. The van der Waals surface area contributed by atoms with Gasteiger partial charge in [0.2, 0.25) is 0 Å². The molecule has 0 aliphatic carbocycles. The Morgan fingerprint density at radius 2 is 0.541 bits per heavy atom. The Morgan fingerprint density at radius 3 is 0.919 bits per heavy atom. The van der Waals surface area contributed by atoms with Crippen molar-refractivity contribution >= 4 is 17.9 Å². The van der Waals surface area contributed by atoms with E-state index in [0.29, 0.717) is 19.3 Å². The molecule has 6 heteroatoms. The first kappa shape index (κ1) is 70.1. The lowest BCUT2D eigenvalue weighted by Crippen LogP contribution is -2.30. The SMILES string of the molecule is CC/C=C\C/C=C\C/C=C\C/C=C\C/C=C\C/C=C\C/C=C\CCCC(=O)OCC(COC(=O)CCCCCCC/C=C\CCCCC)OC(=O)CCCCCCCCCCC/C=C\CCCCCCCCCC. The average Bonchev–Trinajstić information content (AvgIpc) is 3.40. The van der Waals surface area contributed by atoms with Gasteiger partial charge in [-0.05, 0) is 122 Å². The second-order valence-corrected chi connectivity index (χ2v) is 20.2. The summed E-state index contributed by atoms with van der Waals surface area (Å²) in [4.78, 5) is 38.2. The molecule has 0 rings (SSSR count). The number of esters is 3. The van der Waals surface area contributed by atoms with Gasteiger partial charge in [-0.3, -0.25) is 14.4 Å². The zero-order valence-corrected chi connectivity index (χ0v) is 48.3. The van der Waals surface area contributed by atoms with Crippen molar-refractivity contribution < 1.29 is 28.6 Å². The minimum absolute atomic E-state index is 0.102. The van der Waals surface area contributed by atoms with Gasteiger partial charge in [-0.2, -0.15) is 0 Å². The largest absolute Gasteiger partial charge is 0.462 e.